The zero-order chi connectivity index (χ0) is 18.0. The lowest BCUT2D eigenvalue weighted by molar-refractivity contribution is -0.605. The van der Waals surface area contributed by atoms with Gasteiger partial charge in [-0.2, -0.15) is 9.99 Å². The molecule has 0 unspecified atom stereocenters. The minimum absolute atomic E-state index is 0.0551. The molecule has 0 aliphatic heterocycles. The second-order valence-corrected chi connectivity index (χ2v) is 5.34. The van der Waals surface area contributed by atoms with E-state index in [0.717, 1.165) is 24.5 Å². The van der Waals surface area contributed by atoms with Crippen LogP contribution in [0.15, 0.2) is 24.5 Å². The fourth-order valence-corrected chi connectivity index (χ4v) is 2.58. The third kappa shape index (κ3) is 3.32. The van der Waals surface area contributed by atoms with Crippen LogP contribution in [0.5, 0.6) is 11.5 Å². The van der Waals surface area contributed by atoms with Crippen LogP contribution in [0.3, 0.4) is 0 Å². The number of phenols is 2. The van der Waals surface area contributed by atoms with Crippen LogP contribution in [-0.4, -0.2) is 15.1 Å². The lowest BCUT2D eigenvalue weighted by Crippen LogP contribution is -2.25. The average Bonchev–Trinajstić information content (AvgIpc) is 2.48. The molecule has 0 radical (unpaired) electrons. The molecule has 0 saturated heterocycles. The molecule has 1 heterocycles. The van der Waals surface area contributed by atoms with Gasteiger partial charge in [0, 0.05) is 11.6 Å². The molecule has 0 aliphatic carbocycles. The maximum absolute atomic E-state index is 11.2. The molecule has 10 heteroatoms. The highest BCUT2D eigenvalue weighted by atomic mass is 35.5. The monoisotopic (exact) mass is 367 g/mol. The van der Waals surface area contributed by atoms with Gasteiger partial charge in [0.1, 0.15) is 10.0 Å². The largest absolute Gasteiger partial charge is 0.619 e. The standard InChI is InChI=1S/C14H7Cl2N3O5/c15-9-5-18(22)6-10(16)13(9)8(4-17)1-7-2-11(19(23)24)14(21)12(20)3-7/h1-3,5-6,20-21H. The van der Waals surface area contributed by atoms with Gasteiger partial charge < -0.3 is 15.4 Å². The highest BCUT2D eigenvalue weighted by molar-refractivity contribution is 6.37. The summed E-state index contributed by atoms with van der Waals surface area (Å²) in [5, 5.41) is 50.2. The molecule has 0 aliphatic rings. The Labute approximate surface area is 144 Å². The summed E-state index contributed by atoms with van der Waals surface area (Å²) in [6.07, 6.45) is 3.16. The molecule has 0 fully saturated rings. The molecule has 2 N–H and O–H groups in total. The minimum atomic E-state index is -0.890. The first-order valence-electron chi connectivity index (χ1n) is 6.15. The van der Waals surface area contributed by atoms with Gasteiger partial charge in [0.15, 0.2) is 18.1 Å². The van der Waals surface area contributed by atoms with E-state index in [1.54, 1.807) is 0 Å². The summed E-state index contributed by atoms with van der Waals surface area (Å²) in [5.74, 6) is -1.62. The van der Waals surface area contributed by atoms with E-state index in [9.17, 15) is 30.8 Å². The number of nitrogens with zero attached hydrogens (tertiary/aromatic N) is 3. The van der Waals surface area contributed by atoms with Crippen molar-refractivity contribution in [2.75, 3.05) is 0 Å². The van der Waals surface area contributed by atoms with Crippen molar-refractivity contribution in [2.24, 2.45) is 0 Å². The molecule has 1 aromatic heterocycles. The third-order valence-corrected chi connectivity index (χ3v) is 3.52. The van der Waals surface area contributed by atoms with Crippen LogP contribution in [0.2, 0.25) is 10.0 Å². The summed E-state index contributed by atoms with van der Waals surface area (Å²) in [4.78, 5) is 9.98. The topological polar surface area (TPSA) is 134 Å². The number of pyridine rings is 1. The van der Waals surface area contributed by atoms with Gasteiger partial charge in [0.2, 0.25) is 5.75 Å². The van der Waals surface area contributed by atoms with Crippen molar-refractivity contribution in [1.29, 1.82) is 5.26 Å². The summed E-state index contributed by atoms with van der Waals surface area (Å²) in [6.45, 7) is 0. The van der Waals surface area contributed by atoms with Crippen LogP contribution in [0.25, 0.3) is 11.6 Å². The zero-order valence-corrected chi connectivity index (χ0v) is 13.1. The molecular weight excluding hydrogens is 361 g/mol. The highest BCUT2D eigenvalue weighted by Crippen LogP contribution is 2.38. The van der Waals surface area contributed by atoms with E-state index in [-0.39, 0.29) is 26.7 Å². The lowest BCUT2D eigenvalue weighted by Gasteiger charge is -2.06. The Balaban J connectivity index is 2.66. The van der Waals surface area contributed by atoms with Gasteiger partial charge in [-0.1, -0.05) is 23.2 Å². The van der Waals surface area contributed by atoms with Crippen molar-refractivity contribution in [3.63, 3.8) is 0 Å². The normalized spacial score (nSPS) is 11.1. The molecule has 0 saturated carbocycles. The van der Waals surface area contributed by atoms with E-state index < -0.39 is 22.1 Å². The highest BCUT2D eigenvalue weighted by Gasteiger charge is 2.20. The summed E-state index contributed by atoms with van der Waals surface area (Å²) < 4.78 is 0.361. The first-order valence-corrected chi connectivity index (χ1v) is 6.90. The number of aromatic hydroxyl groups is 2. The summed E-state index contributed by atoms with van der Waals surface area (Å²) in [7, 11) is 0. The predicted molar refractivity (Wildman–Crippen MR) is 85.3 cm³/mol. The number of nitriles is 1. The van der Waals surface area contributed by atoms with E-state index in [4.69, 9.17) is 23.2 Å². The molecule has 24 heavy (non-hydrogen) atoms. The van der Waals surface area contributed by atoms with Crippen LogP contribution in [0.4, 0.5) is 5.69 Å². The van der Waals surface area contributed by atoms with Crippen molar-refractivity contribution in [2.45, 2.75) is 0 Å². The Morgan fingerprint density at radius 2 is 1.88 bits per heavy atom. The van der Waals surface area contributed by atoms with Crippen molar-refractivity contribution < 1.29 is 19.9 Å². The number of nitro groups is 1. The van der Waals surface area contributed by atoms with Crippen LogP contribution >= 0.6 is 23.2 Å². The number of allylic oxidation sites excluding steroid dienone is 1. The number of hydrogen-bond acceptors (Lipinski definition) is 6. The maximum atomic E-state index is 11.2. The molecule has 0 amide bonds. The van der Waals surface area contributed by atoms with E-state index >= 15 is 0 Å². The molecule has 0 bridgehead atoms. The predicted octanol–water partition coefficient (Wildman–Crippen LogP) is 3.01. The van der Waals surface area contributed by atoms with Crippen molar-refractivity contribution in [3.8, 4) is 17.6 Å². The molecule has 0 atom stereocenters. The molecular formula is C14H7Cl2N3O5. The number of aromatic nitrogens is 1. The third-order valence-electron chi connectivity index (χ3n) is 2.95. The second kappa shape index (κ2) is 6.62. The van der Waals surface area contributed by atoms with Gasteiger partial charge in [-0.15, -0.1) is 0 Å². The van der Waals surface area contributed by atoms with Gasteiger partial charge in [-0.05, 0) is 17.7 Å². The quantitative estimate of drug-likeness (QED) is 0.214. The van der Waals surface area contributed by atoms with E-state index in [1.165, 1.54) is 6.08 Å². The van der Waals surface area contributed by atoms with Crippen LogP contribution in [0.1, 0.15) is 11.1 Å². The molecule has 2 aromatic rings. The first kappa shape index (κ1) is 17.3. The van der Waals surface area contributed by atoms with Crippen LogP contribution in [-0.2, 0) is 0 Å². The summed E-state index contributed by atoms with van der Waals surface area (Å²) >= 11 is 11.8. The summed E-state index contributed by atoms with van der Waals surface area (Å²) in [6, 6.07) is 3.81. The zero-order valence-electron chi connectivity index (χ0n) is 11.6. The lowest BCUT2D eigenvalue weighted by atomic mass is 10.0. The van der Waals surface area contributed by atoms with Crippen LogP contribution < -0.4 is 4.73 Å². The number of rotatable bonds is 3. The Hall–Kier alpha value is -3.02. The van der Waals surface area contributed by atoms with Gasteiger partial charge in [0.25, 0.3) is 0 Å². The van der Waals surface area contributed by atoms with Crippen LogP contribution in [0, 0.1) is 26.7 Å². The Bertz CT molecular complexity index is 898. The number of hydrogen-bond donors (Lipinski definition) is 2. The van der Waals surface area contributed by atoms with Crippen molar-refractivity contribution >= 4 is 40.5 Å². The molecule has 2 rings (SSSR count). The number of nitro benzene ring substituents is 1. The fraction of sp³-hybridized carbons (Fsp3) is 0. The molecule has 0 spiro atoms. The van der Waals surface area contributed by atoms with Gasteiger partial charge in [-0.3, -0.25) is 10.1 Å². The minimum Gasteiger partial charge on any atom is -0.619 e. The maximum Gasteiger partial charge on any atom is 0.315 e. The smallest absolute Gasteiger partial charge is 0.315 e. The Morgan fingerprint density at radius 3 is 2.38 bits per heavy atom. The van der Waals surface area contributed by atoms with Crippen molar-refractivity contribution in [3.05, 3.63) is 61.0 Å². The molecule has 122 valence electrons. The fourth-order valence-electron chi connectivity index (χ4n) is 1.94. The van der Waals surface area contributed by atoms with Gasteiger partial charge in [-0.25, -0.2) is 0 Å². The first-order chi connectivity index (χ1) is 11.2. The number of phenolic OH excluding ortho intramolecular Hbond substituents is 2. The molecule has 8 nitrogen and oxygen atoms in total. The average molecular weight is 368 g/mol. The Kier molecular flexibility index (Phi) is 4.78. The van der Waals surface area contributed by atoms with Crippen molar-refractivity contribution in [1.82, 2.24) is 0 Å². The SMILES string of the molecule is N#CC(=Cc1cc(O)c(O)c([N+](=O)[O-])c1)c1c(Cl)c[n+]([O-])cc1Cl. The second-order valence-electron chi connectivity index (χ2n) is 4.52. The van der Waals surface area contributed by atoms with E-state index in [1.807, 2.05) is 6.07 Å². The number of benzene rings is 1. The summed E-state index contributed by atoms with van der Waals surface area (Å²) in [5.41, 5.74) is -0.714. The number of halogens is 2. The van der Waals surface area contributed by atoms with Gasteiger partial charge >= 0.3 is 5.69 Å². The van der Waals surface area contributed by atoms with E-state index in [2.05, 4.69) is 0 Å². The van der Waals surface area contributed by atoms with Gasteiger partial charge in [0.05, 0.1) is 16.6 Å². The van der Waals surface area contributed by atoms with E-state index in [0.29, 0.717) is 4.73 Å². The molecule has 1 aromatic carbocycles. The Morgan fingerprint density at radius 1 is 1.29 bits per heavy atom.